The maximum absolute atomic E-state index is 13.8. The van der Waals surface area contributed by atoms with E-state index in [1.54, 1.807) is 62.4 Å². The Labute approximate surface area is 232 Å². The van der Waals surface area contributed by atoms with Crippen LogP contribution in [0.25, 0.3) is 17.4 Å². The Bertz CT molecular complexity index is 1810. The Balaban J connectivity index is 1.62. The molecule has 4 aromatic rings. The predicted octanol–water partition coefficient (Wildman–Crippen LogP) is 4.16. The van der Waals surface area contributed by atoms with E-state index in [4.69, 9.17) is 13.9 Å². The van der Waals surface area contributed by atoms with E-state index >= 15 is 0 Å². The van der Waals surface area contributed by atoms with Crippen LogP contribution < -0.4 is 19.6 Å². The Hall–Kier alpha value is -4.70. The molecule has 1 N–H and O–H groups in total. The van der Waals surface area contributed by atoms with E-state index in [0.717, 1.165) is 0 Å². The van der Waals surface area contributed by atoms with Crippen LogP contribution in [-0.4, -0.2) is 34.8 Å². The van der Waals surface area contributed by atoms with Crippen molar-refractivity contribution < 1.29 is 28.6 Å². The van der Waals surface area contributed by atoms with Crippen LogP contribution in [0.3, 0.4) is 0 Å². The highest BCUT2D eigenvalue weighted by Gasteiger charge is 2.33. The highest BCUT2D eigenvalue weighted by molar-refractivity contribution is 7.07. The highest BCUT2D eigenvalue weighted by Crippen LogP contribution is 2.32. The van der Waals surface area contributed by atoms with Gasteiger partial charge in [-0.15, -0.1) is 0 Å². The van der Waals surface area contributed by atoms with Gasteiger partial charge < -0.3 is 19.0 Å². The summed E-state index contributed by atoms with van der Waals surface area (Å²) in [5, 5.41) is 9.53. The first kappa shape index (κ1) is 26.9. The van der Waals surface area contributed by atoms with Crippen LogP contribution in [0, 0.1) is 0 Å². The van der Waals surface area contributed by atoms with Crippen LogP contribution >= 0.6 is 11.3 Å². The van der Waals surface area contributed by atoms with Gasteiger partial charge in [-0.3, -0.25) is 9.36 Å². The summed E-state index contributed by atoms with van der Waals surface area (Å²) in [4.78, 5) is 43.5. The summed E-state index contributed by atoms with van der Waals surface area (Å²) in [6, 6.07) is 16.4. The van der Waals surface area contributed by atoms with Crippen LogP contribution in [0.2, 0.25) is 0 Å². The van der Waals surface area contributed by atoms with Crippen molar-refractivity contribution in [2.45, 2.75) is 26.8 Å². The van der Waals surface area contributed by atoms with Crippen molar-refractivity contribution in [1.29, 1.82) is 0 Å². The minimum atomic E-state index is -1.07. The molecule has 2 aromatic heterocycles. The van der Waals surface area contributed by atoms with Crippen molar-refractivity contribution in [1.82, 2.24) is 4.57 Å². The third kappa shape index (κ3) is 5.01. The van der Waals surface area contributed by atoms with E-state index in [1.807, 2.05) is 19.1 Å². The summed E-state index contributed by atoms with van der Waals surface area (Å²) in [6.07, 6.45) is 1.59. The predicted molar refractivity (Wildman–Crippen MR) is 149 cm³/mol. The van der Waals surface area contributed by atoms with Gasteiger partial charge in [0.2, 0.25) is 0 Å². The van der Waals surface area contributed by atoms with E-state index in [1.165, 1.54) is 22.0 Å². The zero-order valence-electron chi connectivity index (χ0n) is 22.0. The number of carboxylic acid groups (broad SMARTS) is 1. The van der Waals surface area contributed by atoms with E-state index in [9.17, 15) is 19.5 Å². The SMILES string of the molecule is CCOC(=O)C1=C(C)N=c2sc(=Cc3ccc(-c4ccccc4C(=O)O)o3)c(=O)n2C1c1ccc(OCC)cc1. The van der Waals surface area contributed by atoms with Crippen LogP contribution in [-0.2, 0) is 9.53 Å². The van der Waals surface area contributed by atoms with E-state index in [0.29, 0.717) is 50.0 Å². The number of thiazole rings is 1. The van der Waals surface area contributed by atoms with Crippen molar-refractivity contribution in [2.75, 3.05) is 13.2 Å². The fraction of sp³-hybridized carbons (Fsp3) is 0.200. The number of furan rings is 1. The van der Waals surface area contributed by atoms with E-state index in [2.05, 4.69) is 4.99 Å². The zero-order valence-corrected chi connectivity index (χ0v) is 22.9. The molecule has 204 valence electrons. The maximum Gasteiger partial charge on any atom is 0.338 e. The minimum Gasteiger partial charge on any atom is -0.494 e. The molecule has 0 amide bonds. The molecule has 1 atom stereocenters. The number of hydrogen-bond acceptors (Lipinski definition) is 8. The molecule has 1 aliphatic rings. The third-order valence-corrected chi connectivity index (χ3v) is 7.33. The van der Waals surface area contributed by atoms with Crippen LogP contribution in [0.4, 0.5) is 0 Å². The van der Waals surface area contributed by atoms with Crippen LogP contribution in [0.1, 0.15) is 48.5 Å². The van der Waals surface area contributed by atoms with Gasteiger partial charge in [-0.25, -0.2) is 14.6 Å². The molecule has 3 heterocycles. The quantitative estimate of drug-likeness (QED) is 0.323. The number of carbonyl (C=O) groups excluding carboxylic acids is 1. The van der Waals surface area contributed by atoms with Gasteiger partial charge in [0.1, 0.15) is 17.3 Å². The molecule has 0 saturated carbocycles. The number of fused-ring (bicyclic) bond motifs is 1. The van der Waals surface area contributed by atoms with Crippen LogP contribution in [0.15, 0.2) is 86.1 Å². The van der Waals surface area contributed by atoms with Crippen molar-refractivity contribution in [3.05, 3.63) is 109 Å². The largest absolute Gasteiger partial charge is 0.494 e. The second-order valence-electron chi connectivity index (χ2n) is 8.86. The number of rotatable bonds is 8. The van der Waals surface area contributed by atoms with Crippen molar-refractivity contribution >= 4 is 29.4 Å². The van der Waals surface area contributed by atoms with Crippen molar-refractivity contribution in [2.24, 2.45) is 4.99 Å². The molecule has 5 rings (SSSR count). The molecule has 1 unspecified atom stereocenters. The number of hydrogen-bond donors (Lipinski definition) is 1. The number of nitrogens with zero attached hydrogens (tertiary/aromatic N) is 2. The summed E-state index contributed by atoms with van der Waals surface area (Å²) in [6.45, 7) is 6.04. The Morgan fingerprint density at radius 1 is 1.07 bits per heavy atom. The normalized spacial score (nSPS) is 15.0. The monoisotopic (exact) mass is 558 g/mol. The lowest BCUT2D eigenvalue weighted by atomic mass is 9.96. The number of esters is 1. The average Bonchev–Trinajstić information content (AvgIpc) is 3.53. The summed E-state index contributed by atoms with van der Waals surface area (Å²) in [5.41, 5.74) is 1.66. The number of carbonyl (C=O) groups is 2. The molecule has 2 aromatic carbocycles. The molecule has 0 aliphatic carbocycles. The molecule has 0 saturated heterocycles. The maximum atomic E-state index is 13.8. The number of allylic oxidation sites excluding steroid dienone is 1. The summed E-state index contributed by atoms with van der Waals surface area (Å²) < 4.78 is 18.7. The van der Waals surface area contributed by atoms with Crippen molar-refractivity contribution in [3.63, 3.8) is 0 Å². The molecule has 0 spiro atoms. The molecular weight excluding hydrogens is 532 g/mol. The van der Waals surface area contributed by atoms with Gasteiger partial charge in [0.05, 0.1) is 40.6 Å². The van der Waals surface area contributed by atoms with Gasteiger partial charge in [0.25, 0.3) is 5.56 Å². The lowest BCUT2D eigenvalue weighted by Gasteiger charge is -2.24. The molecule has 40 heavy (non-hydrogen) atoms. The molecule has 10 heteroatoms. The summed E-state index contributed by atoms with van der Waals surface area (Å²) in [5.74, 6) is -0.187. The smallest absolute Gasteiger partial charge is 0.338 e. The summed E-state index contributed by atoms with van der Waals surface area (Å²) >= 11 is 1.17. The standard InChI is InChI=1S/C30H26N2O7S/c1-4-37-19-12-10-18(11-13-19)26-25(29(36)38-5-2)17(3)31-30-32(26)27(33)24(40-30)16-20-14-15-23(39-20)21-8-6-7-9-22(21)28(34)35/h6-16,26H,4-5H2,1-3H3,(H,34,35). The lowest BCUT2D eigenvalue weighted by Crippen LogP contribution is -2.39. The first-order valence-corrected chi connectivity index (χ1v) is 13.5. The number of benzene rings is 2. The first-order valence-electron chi connectivity index (χ1n) is 12.7. The Morgan fingerprint density at radius 2 is 1.82 bits per heavy atom. The summed E-state index contributed by atoms with van der Waals surface area (Å²) in [7, 11) is 0. The number of aromatic carboxylic acids is 1. The molecule has 0 radical (unpaired) electrons. The van der Waals surface area contributed by atoms with E-state index in [-0.39, 0.29) is 23.3 Å². The van der Waals surface area contributed by atoms with Gasteiger partial charge >= 0.3 is 11.9 Å². The second kappa shape index (κ2) is 11.2. The first-order chi connectivity index (χ1) is 19.3. The molecular formula is C30H26N2O7S. The minimum absolute atomic E-state index is 0.111. The third-order valence-electron chi connectivity index (χ3n) is 6.35. The second-order valence-corrected chi connectivity index (χ2v) is 9.87. The highest BCUT2D eigenvalue weighted by atomic mass is 32.1. The average molecular weight is 559 g/mol. The van der Waals surface area contributed by atoms with Crippen molar-refractivity contribution in [3.8, 4) is 17.1 Å². The molecule has 0 bridgehead atoms. The Kier molecular flexibility index (Phi) is 7.52. The zero-order chi connectivity index (χ0) is 28.4. The molecule has 0 fully saturated rings. The molecule has 1 aliphatic heterocycles. The fourth-order valence-electron chi connectivity index (χ4n) is 4.61. The fourth-order valence-corrected chi connectivity index (χ4v) is 5.64. The van der Waals surface area contributed by atoms with Gasteiger partial charge in [-0.1, -0.05) is 41.7 Å². The number of aromatic nitrogens is 1. The van der Waals surface area contributed by atoms with Gasteiger partial charge in [-0.2, -0.15) is 0 Å². The topological polar surface area (TPSA) is 120 Å². The van der Waals surface area contributed by atoms with Gasteiger partial charge in [-0.05, 0) is 56.7 Å². The van der Waals surface area contributed by atoms with E-state index < -0.39 is 18.0 Å². The van der Waals surface area contributed by atoms with Crippen LogP contribution in [0.5, 0.6) is 5.75 Å². The van der Waals surface area contributed by atoms with Gasteiger partial charge in [0.15, 0.2) is 4.80 Å². The lowest BCUT2D eigenvalue weighted by molar-refractivity contribution is -0.139. The Morgan fingerprint density at radius 3 is 2.52 bits per heavy atom. The number of ether oxygens (including phenoxy) is 2. The van der Waals surface area contributed by atoms with Gasteiger partial charge in [0, 0.05) is 11.6 Å². The molecule has 9 nitrogen and oxygen atoms in total. The number of carboxylic acids is 1.